The lowest BCUT2D eigenvalue weighted by atomic mass is 9.55. The van der Waals surface area contributed by atoms with E-state index in [2.05, 4.69) is 38.7 Å². The maximum absolute atomic E-state index is 14.9. The Labute approximate surface area is 435 Å². The zero-order valence-corrected chi connectivity index (χ0v) is 45.4. The van der Waals surface area contributed by atoms with Crippen molar-refractivity contribution in [1.82, 2.24) is 10.2 Å². The fraction of sp³-hybridized carbons (Fsp3) is 0.783. The minimum Gasteiger partial charge on any atom is -0.459 e. The summed E-state index contributed by atoms with van der Waals surface area (Å²) in [5.41, 5.74) is 2.67. The molecule has 0 bridgehead atoms. The van der Waals surface area contributed by atoms with Crippen LogP contribution in [0.5, 0.6) is 11.5 Å². The predicted octanol–water partition coefficient (Wildman–Crippen LogP) is 14.0. The highest BCUT2D eigenvalue weighted by Gasteiger charge is 2.65. The van der Waals surface area contributed by atoms with Crippen LogP contribution >= 0.6 is 0 Å². The van der Waals surface area contributed by atoms with Gasteiger partial charge in [-0.25, -0.2) is 4.79 Å². The number of allylic oxidation sites excluding steroid dienone is 1. The number of aliphatic hydroxyl groups is 2. The van der Waals surface area contributed by atoms with E-state index >= 15 is 0 Å². The number of nitrogens with one attached hydrogen (secondary N) is 1. The standard InChI is InChI=1S/C60H99N3O9/c1-5-9-11-13-15-17-19-21-23-28-38-61-59(67)70-48-36-37-53-51(45-48)57-49(33-26-30-41-65)47(32-25-29-40-64)44-50-52(62-72-56-35-27-31-43-68-56)46-54(60(71-53,58(50)57)69-42-8-4)63(39-7-3)55(66)34-24-22-20-18-16-14-12-10-6-2/h8,36-37,44-45,47,49,54,56-58,64-65H,4-7,9-35,38-43,46H2,1-3H3,(H,61,67). The van der Waals surface area contributed by atoms with Crippen molar-refractivity contribution in [2.45, 2.75) is 244 Å². The molecular weight excluding hydrogens is 907 g/mol. The second-order valence-electron chi connectivity index (χ2n) is 21.3. The maximum atomic E-state index is 14.9. The number of carbonyl (C=O) groups is 2. The molecule has 1 saturated heterocycles. The Morgan fingerprint density at radius 3 is 2.10 bits per heavy atom. The minimum atomic E-state index is -1.33. The SMILES string of the molecule is C=CCOC12Oc3ccc(OC(=O)NCCCCCCCCCCCC)cc3C3C(CCCCO)C(CCCCO)C=C(C(=NOC4CCCCO4)CC1N(CCC)C(=O)CCCCCCCCCCC)C32. The van der Waals surface area contributed by atoms with Crippen molar-refractivity contribution in [3.63, 3.8) is 0 Å². The van der Waals surface area contributed by atoms with Gasteiger partial charge in [0.2, 0.25) is 18.0 Å². The summed E-state index contributed by atoms with van der Waals surface area (Å²) in [6.45, 7) is 12.8. The van der Waals surface area contributed by atoms with E-state index in [-0.39, 0.29) is 43.5 Å². The van der Waals surface area contributed by atoms with Gasteiger partial charge in [-0.15, -0.1) is 6.58 Å². The molecule has 0 spiro atoms. The third-order valence-corrected chi connectivity index (χ3v) is 15.7. The quantitative estimate of drug-likeness (QED) is 0.0334. The molecule has 1 saturated carbocycles. The first kappa shape index (κ1) is 59.4. The number of oxime groups is 1. The van der Waals surface area contributed by atoms with E-state index < -0.39 is 30.1 Å². The summed E-state index contributed by atoms with van der Waals surface area (Å²) in [4.78, 5) is 36.7. The summed E-state index contributed by atoms with van der Waals surface area (Å²) in [5.74, 6) is -0.693. The lowest BCUT2D eigenvalue weighted by molar-refractivity contribution is -0.257. The summed E-state index contributed by atoms with van der Waals surface area (Å²) in [7, 11) is 0. The summed E-state index contributed by atoms with van der Waals surface area (Å²) in [6, 6.07) is 5.14. The van der Waals surface area contributed by atoms with Gasteiger partial charge in [-0.2, -0.15) is 0 Å². The van der Waals surface area contributed by atoms with E-state index in [1.807, 2.05) is 17.0 Å². The Morgan fingerprint density at radius 2 is 1.47 bits per heavy atom. The van der Waals surface area contributed by atoms with Gasteiger partial charge in [0.05, 0.1) is 24.8 Å². The topological polar surface area (TPSA) is 148 Å². The van der Waals surface area contributed by atoms with Crippen molar-refractivity contribution in [3.8, 4) is 11.5 Å². The van der Waals surface area contributed by atoms with Crippen LogP contribution in [0, 0.1) is 17.8 Å². The number of ether oxygens (including phenoxy) is 4. The van der Waals surface area contributed by atoms with Gasteiger partial charge in [0.1, 0.15) is 17.5 Å². The predicted molar refractivity (Wildman–Crippen MR) is 289 cm³/mol. The number of aliphatic hydroxyl groups excluding tert-OH is 2. The molecule has 12 nitrogen and oxygen atoms in total. The highest BCUT2D eigenvalue weighted by Crippen LogP contribution is 2.62. The first-order valence-electron chi connectivity index (χ1n) is 29.5. The van der Waals surface area contributed by atoms with E-state index in [4.69, 9.17) is 28.9 Å². The van der Waals surface area contributed by atoms with Crippen LogP contribution in [0.1, 0.15) is 231 Å². The average molecular weight is 1010 g/mol. The number of nitrogens with zero attached hydrogens (tertiary/aromatic N) is 2. The van der Waals surface area contributed by atoms with E-state index in [9.17, 15) is 19.8 Å². The summed E-state index contributed by atoms with van der Waals surface area (Å²) >= 11 is 0. The molecule has 72 heavy (non-hydrogen) atoms. The van der Waals surface area contributed by atoms with Crippen LogP contribution in [0.2, 0.25) is 0 Å². The van der Waals surface area contributed by atoms with E-state index in [1.54, 1.807) is 12.1 Å². The van der Waals surface area contributed by atoms with E-state index in [0.29, 0.717) is 56.9 Å². The molecule has 5 rings (SSSR count). The van der Waals surface area contributed by atoms with E-state index in [0.717, 1.165) is 100 Å². The van der Waals surface area contributed by atoms with Crippen LogP contribution in [-0.2, 0) is 19.1 Å². The van der Waals surface area contributed by atoms with Gasteiger partial charge in [0.15, 0.2) is 0 Å². The molecule has 2 amide bonds. The smallest absolute Gasteiger partial charge is 0.412 e. The highest BCUT2D eigenvalue weighted by atomic mass is 16.8. The molecule has 0 aromatic heterocycles. The molecule has 2 heterocycles. The number of unbranched alkanes of at least 4 members (excludes halogenated alkanes) is 19. The fourth-order valence-corrected chi connectivity index (χ4v) is 12.0. The van der Waals surface area contributed by atoms with E-state index in [1.165, 1.54) is 89.9 Å². The molecule has 7 unspecified atom stereocenters. The number of carbonyl (C=O) groups excluding carboxylic acids is 2. The van der Waals surface area contributed by atoms with Crippen molar-refractivity contribution in [1.29, 1.82) is 0 Å². The van der Waals surface area contributed by atoms with Crippen molar-refractivity contribution in [2.24, 2.45) is 22.9 Å². The lowest BCUT2D eigenvalue weighted by Crippen LogP contribution is -2.70. The molecule has 0 radical (unpaired) electrons. The third-order valence-electron chi connectivity index (χ3n) is 15.7. The number of amides is 2. The Hall–Kier alpha value is -3.45. The van der Waals surface area contributed by atoms with Crippen LogP contribution < -0.4 is 14.8 Å². The number of hydrogen-bond donors (Lipinski definition) is 3. The number of benzene rings is 1. The van der Waals surface area contributed by atoms with Crippen molar-refractivity contribution in [2.75, 3.05) is 39.5 Å². The van der Waals surface area contributed by atoms with Crippen LogP contribution in [0.25, 0.3) is 0 Å². The van der Waals surface area contributed by atoms with Gasteiger partial charge in [0, 0.05) is 57.0 Å². The molecule has 2 fully saturated rings. The molecule has 12 heteroatoms. The average Bonchev–Trinajstić information content (AvgIpc) is 3.39. The monoisotopic (exact) mass is 1010 g/mol. The summed E-state index contributed by atoms with van der Waals surface area (Å²) < 4.78 is 26.8. The zero-order chi connectivity index (χ0) is 51.2. The Morgan fingerprint density at radius 1 is 0.819 bits per heavy atom. The van der Waals surface area contributed by atoms with Crippen molar-refractivity contribution in [3.05, 3.63) is 48.1 Å². The molecule has 3 N–H and O–H groups in total. The van der Waals surface area contributed by atoms with Crippen LogP contribution in [0.3, 0.4) is 0 Å². The molecule has 2 aliphatic heterocycles. The number of hydrogen-bond acceptors (Lipinski definition) is 10. The maximum Gasteiger partial charge on any atom is 0.412 e. The van der Waals surface area contributed by atoms with Crippen molar-refractivity contribution < 1.29 is 43.6 Å². The molecule has 2 aliphatic carbocycles. The zero-order valence-electron chi connectivity index (χ0n) is 45.4. The Balaban J connectivity index is 1.51. The normalized spacial score (nSPS) is 23.9. The number of fused-ring (bicyclic) bond motifs is 2. The molecule has 4 aliphatic rings. The highest BCUT2D eigenvalue weighted by molar-refractivity contribution is 6.03. The minimum absolute atomic E-state index is 0.0543. The molecule has 1 aromatic carbocycles. The van der Waals surface area contributed by atoms with Gasteiger partial charge in [-0.1, -0.05) is 160 Å². The van der Waals surface area contributed by atoms with Gasteiger partial charge in [-0.3, -0.25) is 4.79 Å². The summed E-state index contributed by atoms with van der Waals surface area (Å²) in [6.07, 6.45) is 34.9. The Bertz CT molecular complexity index is 1760. The number of rotatable bonds is 38. The van der Waals surface area contributed by atoms with Gasteiger partial charge in [-0.05, 0) is 93.4 Å². The fourth-order valence-electron chi connectivity index (χ4n) is 12.0. The van der Waals surface area contributed by atoms with Crippen LogP contribution in [-0.4, -0.2) is 90.5 Å². The summed E-state index contributed by atoms with van der Waals surface area (Å²) in [5, 5.41) is 28.1. The molecular formula is C60H99N3O9. The van der Waals surface area contributed by atoms with Gasteiger partial charge in [0.25, 0.3) is 0 Å². The van der Waals surface area contributed by atoms with Gasteiger partial charge >= 0.3 is 6.09 Å². The molecule has 1 aromatic rings. The first-order chi connectivity index (χ1) is 35.3. The van der Waals surface area contributed by atoms with Gasteiger partial charge < -0.3 is 44.2 Å². The lowest BCUT2D eigenvalue weighted by Gasteiger charge is -2.60. The van der Waals surface area contributed by atoms with Crippen molar-refractivity contribution >= 4 is 17.7 Å². The first-order valence-corrected chi connectivity index (χ1v) is 29.5. The van der Waals surface area contributed by atoms with Crippen LogP contribution in [0.15, 0.2) is 47.7 Å². The largest absolute Gasteiger partial charge is 0.459 e. The third kappa shape index (κ3) is 18.1. The second kappa shape index (κ2) is 34.2. The molecule has 408 valence electrons. The Kier molecular flexibility index (Phi) is 28.2. The van der Waals surface area contributed by atoms with Crippen LogP contribution in [0.4, 0.5) is 4.79 Å². The molecule has 7 atom stereocenters. The second-order valence-corrected chi connectivity index (χ2v) is 21.3.